The molecule has 0 aliphatic carbocycles. The van der Waals surface area contributed by atoms with Crippen LogP contribution in [0.15, 0.2) is 67.3 Å². The van der Waals surface area contributed by atoms with Crippen molar-refractivity contribution in [2.24, 2.45) is 0 Å². The SMILES string of the molecule is Clc1ccccc1Cc1ccc(-c2cncnc2)cc1. The number of benzene rings is 2. The van der Waals surface area contributed by atoms with Gasteiger partial charge in [-0.05, 0) is 29.2 Å². The van der Waals surface area contributed by atoms with Gasteiger partial charge in [-0.2, -0.15) is 0 Å². The van der Waals surface area contributed by atoms with E-state index in [4.69, 9.17) is 11.6 Å². The molecule has 98 valence electrons. The maximum absolute atomic E-state index is 6.18. The number of rotatable bonds is 3. The molecule has 0 saturated heterocycles. The Morgan fingerprint density at radius 1 is 0.800 bits per heavy atom. The first kappa shape index (κ1) is 12.8. The van der Waals surface area contributed by atoms with Gasteiger partial charge in [0.05, 0.1) is 0 Å². The Balaban J connectivity index is 1.82. The van der Waals surface area contributed by atoms with Gasteiger partial charge in [-0.15, -0.1) is 0 Å². The van der Waals surface area contributed by atoms with E-state index in [1.807, 2.05) is 30.6 Å². The summed E-state index contributed by atoms with van der Waals surface area (Å²) in [5.41, 5.74) is 4.52. The smallest absolute Gasteiger partial charge is 0.115 e. The molecule has 0 aliphatic rings. The van der Waals surface area contributed by atoms with Gasteiger partial charge >= 0.3 is 0 Å². The monoisotopic (exact) mass is 280 g/mol. The maximum atomic E-state index is 6.18. The van der Waals surface area contributed by atoms with E-state index in [9.17, 15) is 0 Å². The van der Waals surface area contributed by atoms with E-state index in [0.29, 0.717) is 0 Å². The molecule has 20 heavy (non-hydrogen) atoms. The van der Waals surface area contributed by atoms with E-state index in [2.05, 4.69) is 40.3 Å². The molecular weight excluding hydrogens is 268 g/mol. The zero-order valence-electron chi connectivity index (χ0n) is 10.8. The fraction of sp³-hybridized carbons (Fsp3) is 0.0588. The third kappa shape index (κ3) is 2.86. The summed E-state index contributed by atoms with van der Waals surface area (Å²) in [7, 11) is 0. The molecule has 0 spiro atoms. The Bertz CT molecular complexity index is 694. The van der Waals surface area contributed by atoms with Crippen molar-refractivity contribution in [2.75, 3.05) is 0 Å². The Labute approximate surface area is 123 Å². The Morgan fingerprint density at radius 2 is 1.50 bits per heavy atom. The topological polar surface area (TPSA) is 25.8 Å². The molecule has 0 aliphatic heterocycles. The van der Waals surface area contributed by atoms with Crippen LogP contribution in [0.3, 0.4) is 0 Å². The van der Waals surface area contributed by atoms with Crippen LogP contribution in [0, 0.1) is 0 Å². The fourth-order valence-electron chi connectivity index (χ4n) is 2.12. The van der Waals surface area contributed by atoms with Gasteiger partial charge in [-0.3, -0.25) is 0 Å². The van der Waals surface area contributed by atoms with Crippen molar-refractivity contribution in [3.63, 3.8) is 0 Å². The lowest BCUT2D eigenvalue weighted by atomic mass is 10.0. The molecule has 1 heterocycles. The highest BCUT2D eigenvalue weighted by molar-refractivity contribution is 6.31. The summed E-state index contributed by atoms with van der Waals surface area (Å²) in [4.78, 5) is 8.07. The number of hydrogen-bond acceptors (Lipinski definition) is 2. The van der Waals surface area contributed by atoms with Gasteiger partial charge in [0.25, 0.3) is 0 Å². The van der Waals surface area contributed by atoms with Gasteiger partial charge in [0, 0.05) is 23.0 Å². The molecule has 3 heteroatoms. The van der Waals surface area contributed by atoms with Crippen LogP contribution in [0.5, 0.6) is 0 Å². The molecule has 0 saturated carbocycles. The highest BCUT2D eigenvalue weighted by atomic mass is 35.5. The number of aromatic nitrogens is 2. The second kappa shape index (κ2) is 5.85. The standard InChI is InChI=1S/C17H13ClN2/c18-17-4-2-1-3-15(17)9-13-5-7-14(8-6-13)16-10-19-12-20-11-16/h1-8,10-12H,9H2. The van der Waals surface area contributed by atoms with Crippen LogP contribution in [-0.2, 0) is 6.42 Å². The predicted molar refractivity (Wildman–Crippen MR) is 81.7 cm³/mol. The fourth-order valence-corrected chi connectivity index (χ4v) is 2.33. The second-order valence-corrected chi connectivity index (χ2v) is 5.00. The van der Waals surface area contributed by atoms with Crippen molar-refractivity contribution in [1.29, 1.82) is 0 Å². The third-order valence-corrected chi connectivity index (χ3v) is 3.57. The minimum Gasteiger partial charge on any atom is -0.244 e. The van der Waals surface area contributed by atoms with Gasteiger partial charge in [0.1, 0.15) is 6.33 Å². The van der Waals surface area contributed by atoms with Gasteiger partial charge in [0.2, 0.25) is 0 Å². The Morgan fingerprint density at radius 3 is 2.20 bits per heavy atom. The summed E-state index contributed by atoms with van der Waals surface area (Å²) in [6, 6.07) is 16.3. The van der Waals surface area contributed by atoms with Crippen LogP contribution < -0.4 is 0 Å². The second-order valence-electron chi connectivity index (χ2n) is 4.59. The van der Waals surface area contributed by atoms with Crippen molar-refractivity contribution in [2.45, 2.75) is 6.42 Å². The lowest BCUT2D eigenvalue weighted by Crippen LogP contribution is -1.89. The number of halogens is 1. The molecule has 2 aromatic carbocycles. The van der Waals surface area contributed by atoms with E-state index in [1.165, 1.54) is 11.9 Å². The Hall–Kier alpha value is -2.19. The van der Waals surface area contributed by atoms with Crippen LogP contribution >= 0.6 is 11.6 Å². The summed E-state index contributed by atoms with van der Waals surface area (Å²) in [5.74, 6) is 0. The largest absolute Gasteiger partial charge is 0.244 e. The molecule has 0 atom stereocenters. The number of nitrogens with zero attached hydrogens (tertiary/aromatic N) is 2. The van der Waals surface area contributed by atoms with Crippen LogP contribution in [0.1, 0.15) is 11.1 Å². The molecular formula is C17H13ClN2. The van der Waals surface area contributed by atoms with Gasteiger partial charge in [0.15, 0.2) is 0 Å². The molecule has 0 radical (unpaired) electrons. The lowest BCUT2D eigenvalue weighted by molar-refractivity contribution is 1.17. The first-order valence-electron chi connectivity index (χ1n) is 6.40. The summed E-state index contributed by atoms with van der Waals surface area (Å²) >= 11 is 6.18. The van der Waals surface area contributed by atoms with Crippen LogP contribution in [0.2, 0.25) is 5.02 Å². The lowest BCUT2D eigenvalue weighted by Gasteiger charge is -2.06. The van der Waals surface area contributed by atoms with Crippen molar-refractivity contribution in [1.82, 2.24) is 9.97 Å². The van der Waals surface area contributed by atoms with Gasteiger partial charge in [-0.25, -0.2) is 9.97 Å². The van der Waals surface area contributed by atoms with Crippen molar-refractivity contribution in [3.8, 4) is 11.1 Å². The summed E-state index contributed by atoms with van der Waals surface area (Å²) in [6.45, 7) is 0. The first-order chi connectivity index (χ1) is 9.83. The van der Waals surface area contributed by atoms with Crippen molar-refractivity contribution in [3.05, 3.63) is 83.4 Å². The average Bonchev–Trinajstić information content (AvgIpc) is 2.51. The number of hydrogen-bond donors (Lipinski definition) is 0. The van der Waals surface area contributed by atoms with Crippen LogP contribution in [0.4, 0.5) is 0 Å². The first-order valence-corrected chi connectivity index (χ1v) is 6.78. The zero-order valence-corrected chi connectivity index (χ0v) is 11.6. The van der Waals surface area contributed by atoms with E-state index in [0.717, 1.165) is 28.1 Å². The van der Waals surface area contributed by atoms with Gasteiger partial charge in [-0.1, -0.05) is 54.1 Å². The van der Waals surface area contributed by atoms with E-state index in [-0.39, 0.29) is 0 Å². The summed E-state index contributed by atoms with van der Waals surface area (Å²) < 4.78 is 0. The van der Waals surface area contributed by atoms with Crippen molar-refractivity contribution < 1.29 is 0 Å². The molecule has 3 rings (SSSR count). The molecule has 0 fully saturated rings. The molecule has 0 unspecified atom stereocenters. The van der Waals surface area contributed by atoms with Crippen LogP contribution in [0.25, 0.3) is 11.1 Å². The van der Waals surface area contributed by atoms with E-state index >= 15 is 0 Å². The van der Waals surface area contributed by atoms with Crippen LogP contribution in [-0.4, -0.2) is 9.97 Å². The summed E-state index contributed by atoms with van der Waals surface area (Å²) in [5, 5.41) is 0.813. The highest BCUT2D eigenvalue weighted by Crippen LogP contribution is 2.22. The van der Waals surface area contributed by atoms with E-state index < -0.39 is 0 Å². The summed E-state index contributed by atoms with van der Waals surface area (Å²) in [6.07, 6.45) is 6.01. The average molecular weight is 281 g/mol. The quantitative estimate of drug-likeness (QED) is 0.711. The molecule has 1 aromatic heterocycles. The molecule has 0 N–H and O–H groups in total. The maximum Gasteiger partial charge on any atom is 0.115 e. The van der Waals surface area contributed by atoms with Gasteiger partial charge < -0.3 is 0 Å². The highest BCUT2D eigenvalue weighted by Gasteiger charge is 2.02. The minimum atomic E-state index is 0.813. The Kier molecular flexibility index (Phi) is 3.75. The van der Waals surface area contributed by atoms with E-state index in [1.54, 1.807) is 0 Å². The predicted octanol–water partition coefficient (Wildman–Crippen LogP) is 4.39. The third-order valence-electron chi connectivity index (χ3n) is 3.20. The minimum absolute atomic E-state index is 0.813. The molecule has 2 nitrogen and oxygen atoms in total. The molecule has 0 amide bonds. The normalized spacial score (nSPS) is 10.4. The molecule has 3 aromatic rings. The zero-order chi connectivity index (χ0) is 13.8. The van der Waals surface area contributed by atoms with Crippen molar-refractivity contribution >= 4 is 11.6 Å². The molecule has 0 bridgehead atoms.